The number of carbonyl (C=O) groups is 1. The third-order valence-corrected chi connectivity index (χ3v) is 2.55. The molecule has 0 unspecified atom stereocenters. The van der Waals surface area contributed by atoms with Gasteiger partial charge in [0.2, 0.25) is 5.75 Å². The van der Waals surface area contributed by atoms with E-state index in [0.717, 1.165) is 0 Å². The van der Waals surface area contributed by atoms with Gasteiger partial charge in [0.15, 0.2) is 0 Å². The predicted octanol–water partition coefficient (Wildman–Crippen LogP) is 3.42. The van der Waals surface area contributed by atoms with E-state index in [0.29, 0.717) is 6.07 Å². The summed E-state index contributed by atoms with van der Waals surface area (Å²) in [6.45, 7) is 0. The van der Waals surface area contributed by atoms with E-state index in [4.69, 9.17) is 9.90 Å². The number of phenols is 1. The van der Waals surface area contributed by atoms with Gasteiger partial charge in [-0.05, 0) is 6.07 Å². The number of halogens is 5. The minimum absolute atomic E-state index is 0.00519. The van der Waals surface area contributed by atoms with Crippen LogP contribution in [0, 0.1) is 10.1 Å². The number of carboxylic acids is 1. The summed E-state index contributed by atoms with van der Waals surface area (Å²) in [6.07, 6.45) is -6.69. The van der Waals surface area contributed by atoms with Gasteiger partial charge in [0, 0.05) is 23.2 Å². The zero-order chi connectivity index (χ0) is 18.7. The Morgan fingerprint density at radius 1 is 1.33 bits per heavy atom. The van der Waals surface area contributed by atoms with E-state index in [2.05, 4.69) is 4.98 Å². The van der Waals surface area contributed by atoms with Gasteiger partial charge in [-0.1, -0.05) is 6.07 Å². The third kappa shape index (κ3) is 4.24. The van der Waals surface area contributed by atoms with E-state index >= 15 is 0 Å². The lowest BCUT2D eigenvalue weighted by Gasteiger charge is -2.06. The van der Waals surface area contributed by atoms with Gasteiger partial charge in [-0.25, -0.2) is 13.6 Å². The molecular weight excluding hydrogens is 347 g/mol. The molecule has 0 aliphatic carbocycles. The normalized spacial score (nSPS) is 11.1. The number of alkyl halides is 5. The zero-order valence-electron chi connectivity index (χ0n) is 11.3. The number of aromatic hydroxyl groups is 1. The largest absolute Gasteiger partial charge is 0.501 e. The van der Waals surface area contributed by atoms with Crippen LogP contribution in [0.2, 0.25) is 0 Å². The Morgan fingerprint density at radius 3 is 2.29 bits per heavy atom. The average Bonchev–Trinajstić information content (AvgIpc) is 2.46. The van der Waals surface area contributed by atoms with Crippen molar-refractivity contribution in [1.29, 1.82) is 0 Å². The number of hydrogen-bond donors (Lipinski definition) is 2. The smallest absolute Gasteiger partial charge is 0.490 e. The van der Waals surface area contributed by atoms with Crippen LogP contribution in [0.5, 0.6) is 5.75 Å². The highest BCUT2D eigenvalue weighted by Crippen LogP contribution is 2.38. The number of nitrogens with zero attached hydrogens (tertiary/aromatic N) is 2. The summed E-state index contributed by atoms with van der Waals surface area (Å²) < 4.78 is 57.2. The molecule has 0 spiro atoms. The van der Waals surface area contributed by atoms with Crippen LogP contribution in [0.15, 0.2) is 24.4 Å². The van der Waals surface area contributed by atoms with Gasteiger partial charge >= 0.3 is 17.8 Å². The van der Waals surface area contributed by atoms with Crippen molar-refractivity contribution in [3.63, 3.8) is 0 Å². The molecule has 1 heterocycles. The molecule has 0 fully saturated rings. The minimum Gasteiger partial charge on any atom is -0.501 e. The van der Waals surface area contributed by atoms with Crippen molar-refractivity contribution in [3.05, 3.63) is 40.1 Å². The first kappa shape index (κ1) is 19.0. The van der Waals surface area contributed by atoms with Crippen molar-refractivity contribution < 1.29 is 41.9 Å². The molecule has 24 heavy (non-hydrogen) atoms. The SMILES string of the molecule is O=C(O)C(F)(F)F.O=[N+]([O-])c1cc(C(F)F)c2cccnc2c1O. The second-order valence-corrected chi connectivity index (χ2v) is 4.09. The molecule has 0 saturated carbocycles. The molecule has 2 rings (SSSR count). The summed E-state index contributed by atoms with van der Waals surface area (Å²) in [4.78, 5) is 22.3. The van der Waals surface area contributed by atoms with Crippen molar-refractivity contribution in [1.82, 2.24) is 4.98 Å². The lowest BCUT2D eigenvalue weighted by atomic mass is 10.1. The van der Waals surface area contributed by atoms with E-state index in [1.165, 1.54) is 18.3 Å². The third-order valence-electron chi connectivity index (χ3n) is 2.55. The average molecular weight is 354 g/mol. The number of phenolic OH excluding ortho intramolecular Hbond substituents is 1. The Labute approximate surface area is 129 Å². The number of nitro benzene ring substituents is 1. The number of pyridine rings is 1. The molecule has 0 amide bonds. The molecular formula is C12H7F5N2O5. The monoisotopic (exact) mass is 354 g/mol. The fourth-order valence-electron chi connectivity index (χ4n) is 1.56. The first-order chi connectivity index (χ1) is 11.0. The summed E-state index contributed by atoms with van der Waals surface area (Å²) in [6, 6.07) is 3.41. The number of carboxylic acid groups (broad SMARTS) is 1. The molecule has 12 heteroatoms. The number of benzene rings is 1. The quantitative estimate of drug-likeness (QED) is 0.485. The number of aromatic nitrogens is 1. The van der Waals surface area contributed by atoms with E-state index in [-0.39, 0.29) is 10.9 Å². The number of fused-ring (bicyclic) bond motifs is 1. The van der Waals surface area contributed by atoms with Crippen LogP contribution in [0.25, 0.3) is 10.9 Å². The number of aliphatic carboxylic acids is 1. The second kappa shape index (κ2) is 7.02. The number of hydrogen-bond acceptors (Lipinski definition) is 5. The molecule has 7 nitrogen and oxygen atoms in total. The van der Waals surface area contributed by atoms with Crippen LogP contribution in [0.3, 0.4) is 0 Å². The van der Waals surface area contributed by atoms with Gasteiger partial charge in [0.1, 0.15) is 5.52 Å². The van der Waals surface area contributed by atoms with Crippen molar-refractivity contribution in [2.24, 2.45) is 0 Å². The Bertz CT molecular complexity index is 778. The Balaban J connectivity index is 0.000000351. The maximum absolute atomic E-state index is 12.7. The topological polar surface area (TPSA) is 114 Å². The first-order valence-corrected chi connectivity index (χ1v) is 5.80. The zero-order valence-corrected chi connectivity index (χ0v) is 11.3. The van der Waals surface area contributed by atoms with Crippen LogP contribution < -0.4 is 0 Å². The van der Waals surface area contributed by atoms with Crippen LogP contribution in [-0.4, -0.2) is 32.3 Å². The molecule has 0 aliphatic rings. The molecule has 0 atom stereocenters. The summed E-state index contributed by atoms with van der Waals surface area (Å²) in [5, 5.41) is 27.3. The van der Waals surface area contributed by atoms with E-state index < -0.39 is 40.5 Å². The molecule has 130 valence electrons. The molecule has 0 bridgehead atoms. The van der Waals surface area contributed by atoms with E-state index in [1.54, 1.807) is 0 Å². The Hall–Kier alpha value is -3.05. The molecule has 0 saturated heterocycles. The molecule has 2 N–H and O–H groups in total. The highest BCUT2D eigenvalue weighted by molar-refractivity contribution is 5.91. The molecule has 1 aromatic heterocycles. The summed E-state index contributed by atoms with van der Waals surface area (Å²) >= 11 is 0. The van der Waals surface area contributed by atoms with Crippen molar-refractivity contribution in [3.8, 4) is 5.75 Å². The van der Waals surface area contributed by atoms with Crippen LogP contribution in [0.1, 0.15) is 12.0 Å². The van der Waals surface area contributed by atoms with Gasteiger partial charge in [-0.2, -0.15) is 13.2 Å². The molecule has 0 aliphatic heterocycles. The standard InChI is InChI=1S/C10H6F2N2O3.C2HF3O2/c11-10(12)6-4-7(14(16)17)9(15)8-5(6)2-1-3-13-8;3-2(4,5)1(6)7/h1-4,10,15H;(H,6,7). The Morgan fingerprint density at radius 2 is 1.88 bits per heavy atom. The highest BCUT2D eigenvalue weighted by atomic mass is 19.4. The van der Waals surface area contributed by atoms with Gasteiger partial charge in [-0.15, -0.1) is 0 Å². The van der Waals surface area contributed by atoms with Gasteiger partial charge in [0.05, 0.1) is 4.92 Å². The fourth-order valence-corrected chi connectivity index (χ4v) is 1.56. The molecule has 1 aromatic carbocycles. The fraction of sp³-hybridized carbons (Fsp3) is 0.167. The summed E-state index contributed by atoms with van der Waals surface area (Å²) in [5.74, 6) is -3.46. The highest BCUT2D eigenvalue weighted by Gasteiger charge is 2.38. The van der Waals surface area contributed by atoms with Crippen molar-refractivity contribution in [2.75, 3.05) is 0 Å². The predicted molar refractivity (Wildman–Crippen MR) is 68.7 cm³/mol. The van der Waals surface area contributed by atoms with Crippen LogP contribution >= 0.6 is 0 Å². The van der Waals surface area contributed by atoms with Gasteiger partial charge < -0.3 is 10.2 Å². The Kier molecular flexibility index (Phi) is 5.56. The van der Waals surface area contributed by atoms with Crippen molar-refractivity contribution >= 4 is 22.6 Å². The van der Waals surface area contributed by atoms with E-state index in [9.17, 15) is 37.2 Å². The lowest BCUT2D eigenvalue weighted by Crippen LogP contribution is -2.21. The lowest BCUT2D eigenvalue weighted by molar-refractivity contribution is -0.385. The second-order valence-electron chi connectivity index (χ2n) is 4.09. The summed E-state index contributed by atoms with van der Waals surface area (Å²) in [7, 11) is 0. The minimum atomic E-state index is -5.08. The van der Waals surface area contributed by atoms with Gasteiger partial charge in [0.25, 0.3) is 6.43 Å². The number of rotatable bonds is 2. The van der Waals surface area contributed by atoms with Gasteiger partial charge in [-0.3, -0.25) is 15.1 Å². The van der Waals surface area contributed by atoms with Crippen LogP contribution in [0.4, 0.5) is 27.6 Å². The first-order valence-electron chi connectivity index (χ1n) is 5.80. The molecule has 2 aromatic rings. The maximum Gasteiger partial charge on any atom is 0.490 e. The number of nitro groups is 1. The summed E-state index contributed by atoms with van der Waals surface area (Å²) in [5.41, 5.74) is -1.49. The molecule has 0 radical (unpaired) electrons. The van der Waals surface area contributed by atoms with Crippen LogP contribution in [-0.2, 0) is 4.79 Å². The maximum atomic E-state index is 12.7. The van der Waals surface area contributed by atoms with E-state index in [1.807, 2.05) is 0 Å². The van der Waals surface area contributed by atoms with Crippen molar-refractivity contribution in [2.45, 2.75) is 12.6 Å².